The normalized spacial score (nSPS) is 9.84. The Morgan fingerprint density at radius 2 is 2.16 bits per heavy atom. The Bertz CT molecular complexity index is 466. The van der Waals surface area contributed by atoms with Crippen molar-refractivity contribution in [3.8, 4) is 5.75 Å². The van der Waals surface area contributed by atoms with Crippen molar-refractivity contribution in [2.45, 2.75) is 20.3 Å². The van der Waals surface area contributed by atoms with Gasteiger partial charge in [0.1, 0.15) is 5.75 Å². The molecule has 0 aliphatic rings. The zero-order valence-electron chi connectivity index (χ0n) is 11.0. The molecular weight excluding hydrogens is 328 g/mol. The molecule has 0 aromatic heterocycles. The van der Waals surface area contributed by atoms with Gasteiger partial charge in [-0.3, -0.25) is 10.1 Å². The molecule has 0 saturated carbocycles. The topological polar surface area (TPSA) is 50.4 Å². The summed E-state index contributed by atoms with van der Waals surface area (Å²) in [5.41, 5.74) is 0.455. The van der Waals surface area contributed by atoms with Crippen LogP contribution in [0.1, 0.15) is 30.6 Å². The number of ether oxygens (including phenoxy) is 1. The number of hydrogen-bond donors (Lipinski definition) is 2. The van der Waals surface area contributed by atoms with Gasteiger partial charge < -0.3 is 10.1 Å². The second-order valence-electron chi connectivity index (χ2n) is 3.78. The van der Waals surface area contributed by atoms with Gasteiger partial charge >= 0.3 is 0 Å². The second kappa shape index (κ2) is 8.12. The summed E-state index contributed by atoms with van der Waals surface area (Å²) in [5, 5.41) is 5.91. The molecule has 6 heteroatoms. The van der Waals surface area contributed by atoms with Gasteiger partial charge in [0.25, 0.3) is 5.91 Å². The zero-order chi connectivity index (χ0) is 14.3. The number of carbonyl (C=O) groups is 1. The molecule has 0 aliphatic carbocycles. The molecule has 0 heterocycles. The molecule has 0 unspecified atom stereocenters. The first-order valence-corrected chi connectivity index (χ1v) is 7.30. The van der Waals surface area contributed by atoms with Crippen LogP contribution in [0.25, 0.3) is 0 Å². The monoisotopic (exact) mass is 344 g/mol. The van der Waals surface area contributed by atoms with E-state index < -0.39 is 0 Å². The molecule has 0 atom stereocenters. The van der Waals surface area contributed by atoms with Crippen molar-refractivity contribution in [1.82, 2.24) is 10.6 Å². The van der Waals surface area contributed by atoms with Crippen LogP contribution in [-0.2, 0) is 0 Å². The van der Waals surface area contributed by atoms with Gasteiger partial charge in [-0.2, -0.15) is 0 Å². The quantitative estimate of drug-likeness (QED) is 0.806. The smallest absolute Gasteiger partial charge is 0.261 e. The van der Waals surface area contributed by atoms with Gasteiger partial charge in [0.05, 0.1) is 12.2 Å². The SMILES string of the molecule is CCCNC(=S)NC(=O)c1cc(Br)ccc1OCC. The molecule has 1 aromatic rings. The summed E-state index contributed by atoms with van der Waals surface area (Å²) in [6.45, 7) is 5.13. The number of hydrogen-bond acceptors (Lipinski definition) is 3. The lowest BCUT2D eigenvalue weighted by atomic mass is 10.2. The molecule has 4 nitrogen and oxygen atoms in total. The number of halogens is 1. The van der Waals surface area contributed by atoms with E-state index in [0.29, 0.717) is 23.0 Å². The molecular formula is C13H17BrN2O2S. The van der Waals surface area contributed by atoms with Crippen LogP contribution in [0, 0.1) is 0 Å². The average molecular weight is 345 g/mol. The standard InChI is InChI=1S/C13H17BrN2O2S/c1-3-7-15-13(19)16-12(17)10-8-9(14)5-6-11(10)18-4-2/h5-6,8H,3-4,7H2,1-2H3,(H2,15,16,17,19). The molecule has 19 heavy (non-hydrogen) atoms. The van der Waals surface area contributed by atoms with E-state index in [2.05, 4.69) is 26.6 Å². The Kier molecular flexibility index (Phi) is 6.80. The zero-order valence-corrected chi connectivity index (χ0v) is 13.4. The summed E-state index contributed by atoms with van der Waals surface area (Å²) in [7, 11) is 0. The van der Waals surface area contributed by atoms with Gasteiger partial charge in [-0.05, 0) is 43.8 Å². The van der Waals surface area contributed by atoms with Crippen LogP contribution in [0.2, 0.25) is 0 Å². The highest BCUT2D eigenvalue weighted by Gasteiger charge is 2.14. The first-order chi connectivity index (χ1) is 9.08. The summed E-state index contributed by atoms with van der Waals surface area (Å²) in [6.07, 6.45) is 0.942. The molecule has 0 spiro atoms. The Morgan fingerprint density at radius 3 is 2.79 bits per heavy atom. The molecule has 0 fully saturated rings. The van der Waals surface area contributed by atoms with Crippen LogP contribution < -0.4 is 15.4 Å². The van der Waals surface area contributed by atoms with E-state index in [1.54, 1.807) is 12.1 Å². The molecule has 0 aliphatic heterocycles. The largest absolute Gasteiger partial charge is 0.493 e. The van der Waals surface area contributed by atoms with E-state index in [1.807, 2.05) is 19.9 Å². The minimum Gasteiger partial charge on any atom is -0.493 e. The number of nitrogens with one attached hydrogen (secondary N) is 2. The van der Waals surface area contributed by atoms with Crippen LogP contribution in [0.5, 0.6) is 5.75 Å². The van der Waals surface area contributed by atoms with Crippen molar-refractivity contribution in [1.29, 1.82) is 0 Å². The van der Waals surface area contributed by atoms with Crippen LogP contribution >= 0.6 is 28.1 Å². The first-order valence-electron chi connectivity index (χ1n) is 6.10. The predicted octanol–water partition coefficient (Wildman–Crippen LogP) is 2.86. The first kappa shape index (κ1) is 15.9. The minimum atomic E-state index is -0.279. The molecule has 104 valence electrons. The third-order valence-corrected chi connectivity index (χ3v) is 2.99. The Labute approximate surface area is 127 Å². The van der Waals surface area contributed by atoms with Gasteiger partial charge in [-0.25, -0.2) is 0 Å². The fourth-order valence-corrected chi connectivity index (χ4v) is 1.97. The Balaban J connectivity index is 2.80. The lowest BCUT2D eigenvalue weighted by molar-refractivity contribution is 0.0973. The van der Waals surface area contributed by atoms with Gasteiger partial charge in [0.2, 0.25) is 0 Å². The van der Waals surface area contributed by atoms with Crippen molar-refractivity contribution in [2.24, 2.45) is 0 Å². The number of thiocarbonyl (C=S) groups is 1. The van der Waals surface area contributed by atoms with Gasteiger partial charge in [0, 0.05) is 11.0 Å². The number of amides is 1. The summed E-state index contributed by atoms with van der Waals surface area (Å²) < 4.78 is 6.24. The van der Waals surface area contributed by atoms with Crippen molar-refractivity contribution >= 4 is 39.2 Å². The van der Waals surface area contributed by atoms with Crippen LogP contribution in [0.4, 0.5) is 0 Å². The van der Waals surface area contributed by atoms with Gasteiger partial charge in [-0.1, -0.05) is 22.9 Å². The maximum atomic E-state index is 12.1. The summed E-state index contributed by atoms with van der Waals surface area (Å²) in [5.74, 6) is 0.264. The lowest BCUT2D eigenvalue weighted by Gasteiger charge is -2.12. The molecule has 1 aromatic carbocycles. The van der Waals surface area contributed by atoms with E-state index in [9.17, 15) is 4.79 Å². The van der Waals surface area contributed by atoms with Crippen LogP contribution in [0.15, 0.2) is 22.7 Å². The van der Waals surface area contributed by atoms with Crippen LogP contribution in [-0.4, -0.2) is 24.2 Å². The van der Waals surface area contributed by atoms with Gasteiger partial charge in [0.15, 0.2) is 5.11 Å². The highest BCUT2D eigenvalue weighted by molar-refractivity contribution is 9.10. The molecule has 0 saturated heterocycles. The molecule has 1 amide bonds. The van der Waals surface area contributed by atoms with Crippen molar-refractivity contribution in [2.75, 3.05) is 13.2 Å². The third-order valence-electron chi connectivity index (χ3n) is 2.25. The van der Waals surface area contributed by atoms with Crippen molar-refractivity contribution < 1.29 is 9.53 Å². The molecule has 1 rings (SSSR count). The highest BCUT2D eigenvalue weighted by Crippen LogP contribution is 2.23. The van der Waals surface area contributed by atoms with Crippen LogP contribution in [0.3, 0.4) is 0 Å². The van der Waals surface area contributed by atoms with E-state index >= 15 is 0 Å². The Hall–Kier alpha value is -1.14. The number of benzene rings is 1. The van der Waals surface area contributed by atoms with Crippen molar-refractivity contribution in [3.05, 3.63) is 28.2 Å². The lowest BCUT2D eigenvalue weighted by Crippen LogP contribution is -2.39. The maximum Gasteiger partial charge on any atom is 0.261 e. The second-order valence-corrected chi connectivity index (χ2v) is 5.11. The van der Waals surface area contributed by atoms with E-state index in [1.165, 1.54) is 0 Å². The van der Waals surface area contributed by atoms with E-state index in [4.69, 9.17) is 17.0 Å². The van der Waals surface area contributed by atoms with Crippen molar-refractivity contribution in [3.63, 3.8) is 0 Å². The predicted molar refractivity (Wildman–Crippen MR) is 83.7 cm³/mol. The molecule has 2 N–H and O–H groups in total. The fraction of sp³-hybridized carbons (Fsp3) is 0.385. The summed E-state index contributed by atoms with van der Waals surface area (Å²) in [6, 6.07) is 5.29. The average Bonchev–Trinajstić information content (AvgIpc) is 2.38. The number of carbonyl (C=O) groups excluding carboxylic acids is 1. The maximum absolute atomic E-state index is 12.1. The third kappa shape index (κ3) is 5.16. The minimum absolute atomic E-state index is 0.279. The molecule has 0 bridgehead atoms. The molecule has 0 radical (unpaired) electrons. The Morgan fingerprint density at radius 1 is 1.42 bits per heavy atom. The van der Waals surface area contributed by atoms with E-state index in [-0.39, 0.29) is 5.91 Å². The fourth-order valence-electron chi connectivity index (χ4n) is 1.41. The highest BCUT2D eigenvalue weighted by atomic mass is 79.9. The number of rotatable bonds is 5. The summed E-state index contributed by atoms with van der Waals surface area (Å²) >= 11 is 8.38. The van der Waals surface area contributed by atoms with Gasteiger partial charge in [-0.15, -0.1) is 0 Å². The summed E-state index contributed by atoms with van der Waals surface area (Å²) in [4.78, 5) is 12.1. The van der Waals surface area contributed by atoms with E-state index in [0.717, 1.165) is 17.4 Å².